The smallest absolute Gasteiger partial charge is 0.198 e. The van der Waals surface area contributed by atoms with Crippen LogP contribution >= 0.6 is 0 Å². The van der Waals surface area contributed by atoms with Gasteiger partial charge in [0.05, 0.1) is 18.2 Å². The molecule has 2 aromatic carbocycles. The van der Waals surface area contributed by atoms with Crippen molar-refractivity contribution < 1.29 is 28.9 Å². The van der Waals surface area contributed by atoms with Gasteiger partial charge in [-0.2, -0.15) is 0 Å². The average Bonchev–Trinajstić information content (AvgIpc) is 3.42. The van der Waals surface area contributed by atoms with Crippen LogP contribution in [0.1, 0.15) is 43.5 Å². The topological polar surface area (TPSA) is 85.4 Å². The first-order valence-corrected chi connectivity index (χ1v) is 8.71. The Morgan fingerprint density at radius 2 is 1.93 bits per heavy atom. The van der Waals surface area contributed by atoms with Gasteiger partial charge in [-0.3, -0.25) is 9.59 Å². The molecule has 2 aliphatic carbocycles. The summed E-state index contributed by atoms with van der Waals surface area (Å²) >= 11 is 0. The molecule has 6 rings (SSSR count). The highest BCUT2D eigenvalue weighted by Crippen LogP contribution is 2.60. The van der Waals surface area contributed by atoms with Crippen molar-refractivity contribution in [3.8, 4) is 11.5 Å². The Hall–Kier alpha value is -2.96. The summed E-state index contributed by atoms with van der Waals surface area (Å²) in [4.78, 5) is 25.2. The summed E-state index contributed by atoms with van der Waals surface area (Å²) in [6.45, 7) is 0. The van der Waals surface area contributed by atoms with Crippen LogP contribution in [0.4, 0.5) is 0 Å². The lowest BCUT2D eigenvalue weighted by atomic mass is 9.76. The Kier molecular flexibility index (Phi) is 2.61. The molecule has 0 bridgehead atoms. The zero-order valence-electron chi connectivity index (χ0n) is 14.3. The number of carbonyl (C=O) groups is 2. The molecule has 1 spiro atoms. The van der Waals surface area contributed by atoms with Gasteiger partial charge in [0.25, 0.3) is 0 Å². The van der Waals surface area contributed by atoms with Crippen molar-refractivity contribution >= 4 is 11.6 Å². The van der Waals surface area contributed by atoms with Crippen LogP contribution in [0.3, 0.4) is 0 Å². The van der Waals surface area contributed by atoms with Gasteiger partial charge >= 0.3 is 0 Å². The van der Waals surface area contributed by atoms with Crippen LogP contribution in [-0.4, -0.2) is 36.0 Å². The molecule has 1 fully saturated rings. The van der Waals surface area contributed by atoms with Gasteiger partial charge in [-0.05, 0) is 29.8 Å². The Bertz CT molecular complexity index is 1100. The van der Waals surface area contributed by atoms with E-state index < -0.39 is 17.8 Å². The minimum absolute atomic E-state index is 0.0694. The highest BCUT2D eigenvalue weighted by molar-refractivity contribution is 6.10. The van der Waals surface area contributed by atoms with Gasteiger partial charge < -0.3 is 19.3 Å². The first kappa shape index (κ1) is 15.1. The van der Waals surface area contributed by atoms with Gasteiger partial charge in [-0.25, -0.2) is 0 Å². The largest absolute Gasteiger partial charge is 0.507 e. The zero-order valence-corrected chi connectivity index (χ0v) is 14.3. The summed E-state index contributed by atoms with van der Waals surface area (Å²) in [6, 6.07) is 8.65. The van der Waals surface area contributed by atoms with Gasteiger partial charge in [0.2, 0.25) is 0 Å². The van der Waals surface area contributed by atoms with Crippen molar-refractivity contribution in [1.82, 2.24) is 0 Å². The maximum Gasteiger partial charge on any atom is 0.198 e. The summed E-state index contributed by atoms with van der Waals surface area (Å²) in [5.41, 5.74) is 1.76. The molecule has 1 saturated heterocycles. The second kappa shape index (κ2) is 4.65. The predicted molar refractivity (Wildman–Crippen MR) is 92.2 cm³/mol. The van der Waals surface area contributed by atoms with Crippen molar-refractivity contribution in [3.63, 3.8) is 0 Å². The summed E-state index contributed by atoms with van der Waals surface area (Å²) in [6.07, 6.45) is 1.81. The fourth-order valence-electron chi connectivity index (χ4n) is 4.72. The molecule has 0 unspecified atom stereocenters. The quantitative estimate of drug-likeness (QED) is 0.785. The first-order chi connectivity index (χ1) is 13.1. The van der Waals surface area contributed by atoms with E-state index in [4.69, 9.17) is 14.2 Å². The van der Waals surface area contributed by atoms with E-state index in [1.165, 1.54) is 19.3 Å². The number of Topliss-reactive ketones (excluding diaryl/α,β-unsaturated/α-hetero) is 1. The maximum absolute atomic E-state index is 12.6. The van der Waals surface area contributed by atoms with E-state index in [0.717, 1.165) is 5.56 Å². The van der Waals surface area contributed by atoms with E-state index in [2.05, 4.69) is 0 Å². The number of ketones is 2. The molecule has 2 aromatic rings. The normalized spacial score (nSPS) is 31.5. The molecule has 0 amide bonds. The van der Waals surface area contributed by atoms with Crippen molar-refractivity contribution in [2.75, 3.05) is 7.11 Å². The highest BCUT2D eigenvalue weighted by Gasteiger charge is 2.63. The third-order valence-corrected chi connectivity index (χ3v) is 5.91. The van der Waals surface area contributed by atoms with E-state index in [1.54, 1.807) is 18.2 Å². The number of hydrogen-bond donors (Lipinski definition) is 1. The number of phenols is 1. The third kappa shape index (κ3) is 1.63. The SMILES string of the molecule is COc1cccc2c1C(=O)C=C[C@]21O[C@@H]2c3c1ccc(O)c3C(=O)[C@@H]1O[C@H]21. The number of fused-ring (bicyclic) bond motifs is 5. The van der Waals surface area contributed by atoms with Crippen LogP contribution in [0.15, 0.2) is 42.5 Å². The number of benzene rings is 2. The summed E-state index contributed by atoms with van der Waals surface area (Å²) in [5.74, 6) is 0.0283. The molecule has 1 N–H and O–H groups in total. The number of allylic oxidation sites excluding steroid dienone is 1. The van der Waals surface area contributed by atoms with Crippen molar-refractivity contribution in [3.05, 3.63) is 70.3 Å². The third-order valence-electron chi connectivity index (χ3n) is 5.91. The summed E-state index contributed by atoms with van der Waals surface area (Å²) < 4.78 is 17.4. The Balaban J connectivity index is 1.68. The van der Waals surface area contributed by atoms with Gasteiger partial charge in [0, 0.05) is 11.1 Å². The standard InChI is InChI=1S/C21H14O6/c1-25-13-4-2-3-9-14(13)12(23)7-8-21(9)10-5-6-11(22)16-15(10)18(27-21)20-19(26-20)17(16)24/h2-8,18-20,22H,1H3/t18-,19+,20-,21+/m1/s1. The number of carbonyl (C=O) groups excluding carboxylic acids is 2. The van der Waals surface area contributed by atoms with E-state index in [9.17, 15) is 14.7 Å². The van der Waals surface area contributed by atoms with E-state index in [-0.39, 0.29) is 29.0 Å². The minimum Gasteiger partial charge on any atom is -0.507 e. The van der Waals surface area contributed by atoms with Crippen LogP contribution in [0.5, 0.6) is 11.5 Å². The Morgan fingerprint density at radius 3 is 2.74 bits per heavy atom. The lowest BCUT2D eigenvalue weighted by Gasteiger charge is -2.32. The summed E-state index contributed by atoms with van der Waals surface area (Å²) in [5, 5.41) is 10.3. The van der Waals surface area contributed by atoms with E-state index >= 15 is 0 Å². The lowest BCUT2D eigenvalue weighted by molar-refractivity contribution is -0.0320. The molecule has 27 heavy (non-hydrogen) atoms. The average molecular weight is 362 g/mol. The van der Waals surface area contributed by atoms with Crippen LogP contribution in [0.25, 0.3) is 0 Å². The molecule has 4 aliphatic rings. The van der Waals surface area contributed by atoms with Crippen molar-refractivity contribution in [2.45, 2.75) is 23.9 Å². The first-order valence-electron chi connectivity index (χ1n) is 8.71. The molecule has 6 nitrogen and oxygen atoms in total. The highest BCUT2D eigenvalue weighted by atomic mass is 16.6. The zero-order chi connectivity index (χ0) is 18.5. The molecule has 2 heterocycles. The second-order valence-electron chi connectivity index (χ2n) is 7.16. The van der Waals surface area contributed by atoms with E-state index in [0.29, 0.717) is 22.4 Å². The minimum atomic E-state index is -1.03. The number of rotatable bonds is 1. The molecule has 2 aliphatic heterocycles. The molecule has 0 saturated carbocycles. The molecule has 6 heteroatoms. The molecule has 0 aromatic heterocycles. The molecule has 0 radical (unpaired) electrons. The predicted octanol–water partition coefficient (Wildman–Crippen LogP) is 2.43. The van der Waals surface area contributed by atoms with Crippen LogP contribution in [-0.2, 0) is 15.1 Å². The second-order valence-corrected chi connectivity index (χ2v) is 7.16. The number of aromatic hydroxyl groups is 1. The van der Waals surface area contributed by atoms with Gasteiger partial charge in [0.1, 0.15) is 29.3 Å². The van der Waals surface area contributed by atoms with Gasteiger partial charge in [-0.15, -0.1) is 0 Å². The maximum atomic E-state index is 12.6. The van der Waals surface area contributed by atoms with Crippen LogP contribution in [0, 0.1) is 0 Å². The van der Waals surface area contributed by atoms with E-state index in [1.807, 2.05) is 12.1 Å². The van der Waals surface area contributed by atoms with Gasteiger partial charge in [-0.1, -0.05) is 18.2 Å². The monoisotopic (exact) mass is 362 g/mol. The number of ether oxygens (including phenoxy) is 3. The number of hydrogen-bond acceptors (Lipinski definition) is 6. The number of methoxy groups -OCH3 is 1. The van der Waals surface area contributed by atoms with Crippen molar-refractivity contribution in [1.29, 1.82) is 0 Å². The number of epoxide rings is 1. The van der Waals surface area contributed by atoms with Crippen LogP contribution in [0.2, 0.25) is 0 Å². The van der Waals surface area contributed by atoms with Gasteiger partial charge in [0.15, 0.2) is 17.7 Å². The summed E-state index contributed by atoms with van der Waals surface area (Å²) in [7, 11) is 1.52. The number of phenolic OH excluding ortho intramolecular Hbond substituents is 1. The van der Waals surface area contributed by atoms with Crippen molar-refractivity contribution in [2.24, 2.45) is 0 Å². The fourth-order valence-corrected chi connectivity index (χ4v) is 4.72. The van der Waals surface area contributed by atoms with Crippen LogP contribution < -0.4 is 4.74 Å². The molecule has 134 valence electrons. The fraction of sp³-hybridized carbons (Fsp3) is 0.238. The molecular weight excluding hydrogens is 348 g/mol. The molecule has 4 atom stereocenters. The molecular formula is C21H14O6. The Labute approximate surface area is 154 Å². The lowest BCUT2D eigenvalue weighted by Crippen LogP contribution is -2.31. The Morgan fingerprint density at radius 1 is 1.07 bits per heavy atom.